The summed E-state index contributed by atoms with van der Waals surface area (Å²) >= 11 is 0. The second-order valence-electron chi connectivity index (χ2n) is 3.54. The Kier molecular flexibility index (Phi) is 2.92. The zero-order valence-electron chi connectivity index (χ0n) is 8.89. The molecule has 0 heterocycles. The van der Waals surface area contributed by atoms with Crippen molar-refractivity contribution in [3.8, 4) is 0 Å². The molecule has 0 saturated carbocycles. The summed E-state index contributed by atoms with van der Waals surface area (Å²) < 4.78 is 0. The third-order valence-corrected chi connectivity index (χ3v) is 2.40. The van der Waals surface area contributed by atoms with Gasteiger partial charge in [-0.1, -0.05) is 35.7 Å². The monoisotopic (exact) mass is 169 g/mol. The van der Waals surface area contributed by atoms with Gasteiger partial charge >= 0.3 is 0 Å². The van der Waals surface area contributed by atoms with Gasteiger partial charge in [0.25, 0.3) is 0 Å². The van der Waals surface area contributed by atoms with Crippen molar-refractivity contribution in [2.45, 2.75) is 0 Å². The molecule has 0 bridgehead atoms. The smallest absolute Gasteiger partial charge is 0.217 e. The molecule has 0 aliphatic carbocycles. The summed E-state index contributed by atoms with van der Waals surface area (Å²) in [5.74, 6) is 0. The molecule has 0 aliphatic heterocycles. The Morgan fingerprint density at radius 2 is 2.00 bits per heavy atom. The third kappa shape index (κ3) is 1.82. The maximum Gasteiger partial charge on any atom is 0.217 e. The van der Waals surface area contributed by atoms with Crippen LogP contribution in [0.3, 0.4) is 0 Å². The summed E-state index contributed by atoms with van der Waals surface area (Å²) in [6.45, 7) is 3.82. The topological polar surface area (TPSA) is 3.24 Å². The first-order valence-corrected chi connectivity index (χ1v) is 4.48. The van der Waals surface area contributed by atoms with E-state index in [0.29, 0.717) is 0 Å². The highest BCUT2D eigenvalue weighted by molar-refractivity contribution is 6.51. The van der Waals surface area contributed by atoms with Crippen molar-refractivity contribution in [2.75, 3.05) is 11.9 Å². The van der Waals surface area contributed by atoms with Gasteiger partial charge in [0.2, 0.25) is 7.98 Å². The van der Waals surface area contributed by atoms with Crippen LogP contribution in [0.2, 0.25) is 0 Å². The van der Waals surface area contributed by atoms with Crippen LogP contribution in [0, 0.1) is 0 Å². The molecule has 0 aliphatic rings. The van der Waals surface area contributed by atoms with Crippen molar-refractivity contribution >= 4 is 46.4 Å². The molecule has 1 rings (SSSR count). The molecule has 0 atom stereocenters. The molecule has 0 spiro atoms. The number of hydrogen-bond donors (Lipinski definition) is 0. The molecule has 1 aromatic rings. The highest BCUT2D eigenvalue weighted by Gasteiger charge is 2.06. The lowest BCUT2D eigenvalue weighted by molar-refractivity contribution is 1.35. The van der Waals surface area contributed by atoms with Crippen molar-refractivity contribution < 1.29 is 0 Å². The van der Waals surface area contributed by atoms with E-state index in [1.54, 1.807) is 0 Å². The minimum absolute atomic E-state index is 1.20. The molecule has 0 saturated heterocycles. The van der Waals surface area contributed by atoms with E-state index in [0.717, 1.165) is 0 Å². The quantitative estimate of drug-likeness (QED) is 0.455. The minimum atomic E-state index is 1.20. The first-order chi connectivity index (χ1) is 6.07. The van der Waals surface area contributed by atoms with Crippen LogP contribution in [-0.4, -0.2) is 30.7 Å². The molecular weight excluding hydrogens is 155 g/mol. The fraction of sp³-hybridized carbons (Fsp3) is 0.111. The standard InChI is InChI=1S/C9H14B3N/c1-3-6-4-5-7(10)8(11)9(6)13(2)12/h3-5H,1,10-12H2,2H3. The van der Waals surface area contributed by atoms with Crippen molar-refractivity contribution in [1.29, 1.82) is 0 Å². The van der Waals surface area contributed by atoms with E-state index in [9.17, 15) is 0 Å². The summed E-state index contributed by atoms with van der Waals surface area (Å²) in [5.41, 5.74) is 5.14. The number of anilines is 1. The van der Waals surface area contributed by atoms with Crippen LogP contribution < -0.4 is 15.7 Å². The first-order valence-electron chi connectivity index (χ1n) is 4.48. The van der Waals surface area contributed by atoms with Crippen molar-refractivity contribution in [2.24, 2.45) is 0 Å². The summed E-state index contributed by atoms with van der Waals surface area (Å²) in [6.07, 6.45) is 1.90. The van der Waals surface area contributed by atoms with Crippen LogP contribution in [0.15, 0.2) is 18.7 Å². The van der Waals surface area contributed by atoms with Crippen LogP contribution >= 0.6 is 0 Å². The molecule has 13 heavy (non-hydrogen) atoms. The first kappa shape index (κ1) is 10.0. The minimum Gasteiger partial charge on any atom is -0.424 e. The van der Waals surface area contributed by atoms with Crippen LogP contribution in [0.25, 0.3) is 6.08 Å². The Bertz CT molecular complexity index is 334. The molecule has 1 aromatic carbocycles. The second-order valence-corrected chi connectivity index (χ2v) is 3.54. The predicted molar refractivity (Wildman–Crippen MR) is 69.8 cm³/mol. The Hall–Kier alpha value is -1.05. The molecule has 0 aromatic heterocycles. The maximum atomic E-state index is 3.82. The van der Waals surface area contributed by atoms with Gasteiger partial charge < -0.3 is 4.81 Å². The van der Waals surface area contributed by atoms with Gasteiger partial charge in [0.15, 0.2) is 0 Å². The van der Waals surface area contributed by atoms with Gasteiger partial charge in [-0.05, 0) is 12.6 Å². The SMILES string of the molecule is Bc1ccc(C=C)c(N(B)C)c1B. The Balaban J connectivity index is 3.41. The number of nitrogens with zero attached hydrogens (tertiary/aromatic N) is 1. The Morgan fingerprint density at radius 3 is 2.46 bits per heavy atom. The van der Waals surface area contributed by atoms with E-state index in [2.05, 4.69) is 54.2 Å². The van der Waals surface area contributed by atoms with Gasteiger partial charge in [-0.15, -0.1) is 0 Å². The Labute approximate surface area is 83.1 Å². The van der Waals surface area contributed by atoms with Crippen molar-refractivity contribution in [1.82, 2.24) is 0 Å². The zero-order valence-corrected chi connectivity index (χ0v) is 8.89. The van der Waals surface area contributed by atoms with Gasteiger partial charge in [0.05, 0.1) is 0 Å². The highest BCUT2D eigenvalue weighted by Crippen LogP contribution is 2.14. The van der Waals surface area contributed by atoms with Crippen LogP contribution in [0.4, 0.5) is 5.69 Å². The summed E-state index contributed by atoms with van der Waals surface area (Å²) in [4.78, 5) is 2.14. The van der Waals surface area contributed by atoms with Crippen molar-refractivity contribution in [3.63, 3.8) is 0 Å². The van der Waals surface area contributed by atoms with E-state index >= 15 is 0 Å². The van der Waals surface area contributed by atoms with Gasteiger partial charge in [0, 0.05) is 5.69 Å². The zero-order chi connectivity index (χ0) is 10.0. The van der Waals surface area contributed by atoms with Crippen LogP contribution in [0.5, 0.6) is 0 Å². The fourth-order valence-electron chi connectivity index (χ4n) is 1.58. The predicted octanol–water partition coefficient (Wildman–Crippen LogP) is -2.17. The number of benzene rings is 1. The number of rotatable bonds is 2. The summed E-state index contributed by atoms with van der Waals surface area (Å²) in [7, 11) is 8.41. The molecule has 0 N–H and O–H groups in total. The molecule has 0 fully saturated rings. The van der Waals surface area contributed by atoms with Crippen molar-refractivity contribution in [3.05, 3.63) is 24.3 Å². The highest BCUT2D eigenvalue weighted by atomic mass is 15.0. The third-order valence-electron chi connectivity index (χ3n) is 2.40. The van der Waals surface area contributed by atoms with Gasteiger partial charge in [0.1, 0.15) is 15.7 Å². The summed E-state index contributed by atoms with van der Waals surface area (Å²) in [5, 5.41) is 0. The molecule has 0 radical (unpaired) electrons. The average molecular weight is 169 g/mol. The normalized spacial score (nSPS) is 9.62. The van der Waals surface area contributed by atoms with Gasteiger partial charge in [-0.25, -0.2) is 0 Å². The van der Waals surface area contributed by atoms with Crippen LogP contribution in [0.1, 0.15) is 5.56 Å². The largest absolute Gasteiger partial charge is 0.424 e. The average Bonchev–Trinajstić information content (AvgIpc) is 2.08. The van der Waals surface area contributed by atoms with Crippen LogP contribution in [-0.2, 0) is 0 Å². The molecule has 0 unspecified atom stereocenters. The molecule has 0 amide bonds. The van der Waals surface area contributed by atoms with E-state index in [-0.39, 0.29) is 0 Å². The molecule has 64 valence electrons. The summed E-state index contributed by atoms with van der Waals surface area (Å²) in [6, 6.07) is 4.25. The lowest BCUT2D eigenvalue weighted by Crippen LogP contribution is -2.32. The number of hydrogen-bond acceptors (Lipinski definition) is 1. The van der Waals surface area contributed by atoms with E-state index < -0.39 is 0 Å². The lowest BCUT2D eigenvalue weighted by Gasteiger charge is -2.21. The molecule has 4 heteroatoms. The molecule has 1 nitrogen and oxygen atoms in total. The maximum absolute atomic E-state index is 3.82. The lowest BCUT2D eigenvalue weighted by atomic mass is 9.77. The van der Waals surface area contributed by atoms with E-state index in [1.807, 2.05) is 6.08 Å². The van der Waals surface area contributed by atoms with E-state index in [4.69, 9.17) is 0 Å². The fourth-order valence-corrected chi connectivity index (χ4v) is 1.58. The Morgan fingerprint density at radius 1 is 1.38 bits per heavy atom. The van der Waals surface area contributed by atoms with Gasteiger partial charge in [-0.2, -0.15) is 0 Å². The molecular formula is C9H14B3N. The second kappa shape index (κ2) is 3.78. The van der Waals surface area contributed by atoms with Gasteiger partial charge in [-0.3, -0.25) is 0 Å². The van der Waals surface area contributed by atoms with E-state index in [1.165, 1.54) is 22.2 Å².